The lowest BCUT2D eigenvalue weighted by atomic mass is 10.1. The quantitative estimate of drug-likeness (QED) is 0.902. The number of carbonyl (C=O) groups is 1. The molecule has 1 aliphatic rings. The minimum atomic E-state index is -0.427. The minimum absolute atomic E-state index is 0.226. The van der Waals surface area contributed by atoms with E-state index in [0.29, 0.717) is 19.1 Å². The molecule has 6 heteroatoms. The second-order valence-electron chi connectivity index (χ2n) is 6.57. The highest BCUT2D eigenvalue weighted by Crippen LogP contribution is 2.15. The molecule has 0 unspecified atom stereocenters. The van der Waals surface area contributed by atoms with E-state index in [1.54, 1.807) is 4.90 Å². The molecule has 0 radical (unpaired) electrons. The van der Waals surface area contributed by atoms with Gasteiger partial charge in [-0.2, -0.15) is 5.10 Å². The van der Waals surface area contributed by atoms with Gasteiger partial charge in [-0.1, -0.05) is 6.92 Å². The first-order chi connectivity index (χ1) is 9.87. The average Bonchev–Trinajstić information content (AvgIpc) is 2.73. The number of rotatable bonds is 5. The van der Waals surface area contributed by atoms with Crippen molar-refractivity contribution in [3.8, 4) is 0 Å². The Balaban J connectivity index is 1.67. The van der Waals surface area contributed by atoms with Gasteiger partial charge in [0, 0.05) is 44.0 Å². The summed E-state index contributed by atoms with van der Waals surface area (Å²) < 4.78 is 7.29. The molecule has 1 amide bonds. The fourth-order valence-corrected chi connectivity index (χ4v) is 2.19. The van der Waals surface area contributed by atoms with Crippen LogP contribution in [0.25, 0.3) is 0 Å². The summed E-state index contributed by atoms with van der Waals surface area (Å²) >= 11 is 0. The van der Waals surface area contributed by atoms with Crippen molar-refractivity contribution in [2.45, 2.75) is 58.8 Å². The van der Waals surface area contributed by atoms with Gasteiger partial charge in [-0.15, -0.1) is 0 Å². The van der Waals surface area contributed by atoms with Gasteiger partial charge < -0.3 is 15.0 Å². The summed E-state index contributed by atoms with van der Waals surface area (Å²) in [7, 11) is 0. The van der Waals surface area contributed by atoms with Crippen molar-refractivity contribution in [1.82, 2.24) is 20.0 Å². The Morgan fingerprint density at radius 3 is 2.81 bits per heavy atom. The lowest BCUT2D eigenvalue weighted by molar-refractivity contribution is 0.00519. The number of likely N-dealkylation sites (tertiary alicyclic amines) is 1. The molecule has 0 atom stereocenters. The SMILES string of the molecule is CCCn1cc(CNC2CN(C(=O)OC(C)(C)C)C2)cn1. The summed E-state index contributed by atoms with van der Waals surface area (Å²) in [5.74, 6) is 0. The van der Waals surface area contributed by atoms with Gasteiger partial charge in [-0.05, 0) is 27.2 Å². The Labute approximate surface area is 126 Å². The van der Waals surface area contributed by atoms with E-state index >= 15 is 0 Å². The van der Waals surface area contributed by atoms with Gasteiger partial charge in [-0.3, -0.25) is 4.68 Å². The normalized spacial score (nSPS) is 15.9. The van der Waals surface area contributed by atoms with E-state index in [-0.39, 0.29) is 6.09 Å². The highest BCUT2D eigenvalue weighted by molar-refractivity contribution is 5.69. The van der Waals surface area contributed by atoms with Crippen LogP contribution >= 0.6 is 0 Å². The molecule has 1 fully saturated rings. The lowest BCUT2D eigenvalue weighted by Gasteiger charge is -2.40. The average molecular weight is 294 g/mol. The van der Waals surface area contributed by atoms with Crippen LogP contribution < -0.4 is 5.32 Å². The Bertz CT molecular complexity index is 472. The first-order valence-electron chi connectivity index (χ1n) is 7.60. The molecule has 0 bridgehead atoms. The zero-order chi connectivity index (χ0) is 15.5. The van der Waals surface area contributed by atoms with Crippen LogP contribution in [0, 0.1) is 0 Å². The highest BCUT2D eigenvalue weighted by Gasteiger charge is 2.33. The summed E-state index contributed by atoms with van der Waals surface area (Å²) in [6.45, 7) is 10.9. The summed E-state index contributed by atoms with van der Waals surface area (Å²) in [4.78, 5) is 13.5. The minimum Gasteiger partial charge on any atom is -0.444 e. The molecule has 1 aliphatic heterocycles. The Morgan fingerprint density at radius 1 is 1.48 bits per heavy atom. The molecule has 0 aliphatic carbocycles. The van der Waals surface area contributed by atoms with Crippen LogP contribution in [-0.4, -0.2) is 45.5 Å². The van der Waals surface area contributed by atoms with Gasteiger partial charge in [0.25, 0.3) is 0 Å². The molecule has 0 aromatic carbocycles. The van der Waals surface area contributed by atoms with Gasteiger partial charge in [0.1, 0.15) is 5.60 Å². The molecule has 2 rings (SSSR count). The third-order valence-corrected chi connectivity index (χ3v) is 3.27. The summed E-state index contributed by atoms with van der Waals surface area (Å²) in [5, 5.41) is 7.74. The largest absolute Gasteiger partial charge is 0.444 e. The second kappa shape index (κ2) is 6.47. The number of aromatic nitrogens is 2. The number of aryl methyl sites for hydroxylation is 1. The van der Waals surface area contributed by atoms with E-state index in [2.05, 4.69) is 23.5 Å². The molecule has 0 spiro atoms. The van der Waals surface area contributed by atoms with Crippen molar-refractivity contribution in [2.24, 2.45) is 0 Å². The van der Waals surface area contributed by atoms with Crippen molar-refractivity contribution in [2.75, 3.05) is 13.1 Å². The molecule has 21 heavy (non-hydrogen) atoms. The number of amides is 1. The first-order valence-corrected chi connectivity index (χ1v) is 7.60. The molecule has 118 valence electrons. The van der Waals surface area contributed by atoms with Crippen LogP contribution in [0.1, 0.15) is 39.7 Å². The number of hydrogen-bond acceptors (Lipinski definition) is 4. The number of carbonyl (C=O) groups excluding carboxylic acids is 1. The Kier molecular flexibility index (Phi) is 4.88. The lowest BCUT2D eigenvalue weighted by Crippen LogP contribution is -2.60. The fourth-order valence-electron chi connectivity index (χ4n) is 2.19. The Morgan fingerprint density at radius 2 is 2.19 bits per heavy atom. The zero-order valence-corrected chi connectivity index (χ0v) is 13.4. The van der Waals surface area contributed by atoms with Crippen molar-refractivity contribution >= 4 is 6.09 Å². The van der Waals surface area contributed by atoms with E-state index in [1.165, 1.54) is 5.56 Å². The van der Waals surface area contributed by atoms with Crippen LogP contribution in [0.2, 0.25) is 0 Å². The molecule has 1 saturated heterocycles. The molecule has 1 N–H and O–H groups in total. The molecular formula is C15H26N4O2. The van der Waals surface area contributed by atoms with Crippen LogP contribution in [-0.2, 0) is 17.8 Å². The van der Waals surface area contributed by atoms with E-state index in [9.17, 15) is 4.79 Å². The molecule has 2 heterocycles. The zero-order valence-electron chi connectivity index (χ0n) is 13.4. The standard InChI is InChI=1S/C15H26N4O2/c1-5-6-19-9-12(8-17-19)7-16-13-10-18(11-13)14(20)21-15(2,3)4/h8-9,13,16H,5-7,10-11H2,1-4H3. The fraction of sp³-hybridized carbons (Fsp3) is 0.733. The van der Waals surface area contributed by atoms with Crippen molar-refractivity contribution in [1.29, 1.82) is 0 Å². The van der Waals surface area contributed by atoms with Crippen LogP contribution in [0.5, 0.6) is 0 Å². The maximum atomic E-state index is 11.8. The molecule has 6 nitrogen and oxygen atoms in total. The molecule has 1 aromatic heterocycles. The predicted octanol–water partition coefficient (Wildman–Crippen LogP) is 2.00. The van der Waals surface area contributed by atoms with E-state index in [4.69, 9.17) is 4.74 Å². The Hall–Kier alpha value is -1.56. The summed E-state index contributed by atoms with van der Waals surface area (Å²) in [6.07, 6.45) is 4.83. The highest BCUT2D eigenvalue weighted by atomic mass is 16.6. The summed E-state index contributed by atoms with van der Waals surface area (Å²) in [5.41, 5.74) is 0.753. The van der Waals surface area contributed by atoms with Gasteiger partial charge in [0.05, 0.1) is 6.20 Å². The van der Waals surface area contributed by atoms with Gasteiger partial charge in [-0.25, -0.2) is 4.79 Å². The van der Waals surface area contributed by atoms with Crippen LogP contribution in [0.3, 0.4) is 0 Å². The maximum Gasteiger partial charge on any atom is 0.410 e. The van der Waals surface area contributed by atoms with Gasteiger partial charge in [0.15, 0.2) is 0 Å². The molecule has 1 aromatic rings. The van der Waals surface area contributed by atoms with E-state index in [0.717, 1.165) is 19.5 Å². The number of hydrogen-bond donors (Lipinski definition) is 1. The molecule has 0 saturated carbocycles. The summed E-state index contributed by atoms with van der Waals surface area (Å²) in [6, 6.07) is 0.340. The third-order valence-electron chi connectivity index (χ3n) is 3.27. The van der Waals surface area contributed by atoms with Crippen LogP contribution in [0.15, 0.2) is 12.4 Å². The van der Waals surface area contributed by atoms with Gasteiger partial charge >= 0.3 is 6.09 Å². The second-order valence-corrected chi connectivity index (χ2v) is 6.57. The first kappa shape index (κ1) is 15.8. The topological polar surface area (TPSA) is 59.4 Å². The molecular weight excluding hydrogens is 268 g/mol. The van der Waals surface area contributed by atoms with E-state index in [1.807, 2.05) is 31.6 Å². The van der Waals surface area contributed by atoms with Crippen molar-refractivity contribution in [3.63, 3.8) is 0 Å². The third kappa shape index (κ3) is 4.74. The smallest absolute Gasteiger partial charge is 0.410 e. The van der Waals surface area contributed by atoms with E-state index < -0.39 is 5.60 Å². The van der Waals surface area contributed by atoms with Crippen molar-refractivity contribution < 1.29 is 9.53 Å². The van der Waals surface area contributed by atoms with Crippen molar-refractivity contribution in [3.05, 3.63) is 18.0 Å². The number of nitrogens with zero attached hydrogens (tertiary/aromatic N) is 3. The maximum absolute atomic E-state index is 11.8. The monoisotopic (exact) mass is 294 g/mol. The van der Waals surface area contributed by atoms with Crippen LogP contribution in [0.4, 0.5) is 4.79 Å². The number of ether oxygens (including phenoxy) is 1. The number of nitrogens with one attached hydrogen (secondary N) is 1. The predicted molar refractivity (Wildman–Crippen MR) is 81.0 cm³/mol. The van der Waals surface area contributed by atoms with Gasteiger partial charge in [0.2, 0.25) is 0 Å².